The summed E-state index contributed by atoms with van der Waals surface area (Å²) in [7, 11) is 0. The van der Waals surface area contributed by atoms with Crippen LogP contribution >= 0.6 is 0 Å². The molecule has 1 amide bonds. The van der Waals surface area contributed by atoms with Crippen molar-refractivity contribution in [1.29, 1.82) is 0 Å². The van der Waals surface area contributed by atoms with Crippen molar-refractivity contribution in [1.82, 2.24) is 20.2 Å². The number of ether oxygens (including phenoxy) is 1. The predicted octanol–water partition coefficient (Wildman–Crippen LogP) is 2.37. The number of carbonyl (C=O) groups is 1. The van der Waals surface area contributed by atoms with Gasteiger partial charge >= 0.3 is 6.09 Å². The molecule has 0 saturated carbocycles. The third-order valence-electron chi connectivity index (χ3n) is 5.45. The quantitative estimate of drug-likeness (QED) is 0.673. The van der Waals surface area contributed by atoms with Gasteiger partial charge in [-0.3, -0.25) is 9.80 Å². The first-order valence-corrected chi connectivity index (χ1v) is 10.4. The number of nitrogens with zero attached hydrogens (tertiary/aromatic N) is 4. The van der Waals surface area contributed by atoms with Crippen molar-refractivity contribution in [2.75, 3.05) is 43.0 Å². The third-order valence-corrected chi connectivity index (χ3v) is 5.45. The topological polar surface area (TPSA) is 82.6 Å². The molecule has 1 unspecified atom stereocenters. The van der Waals surface area contributed by atoms with Gasteiger partial charge < -0.3 is 15.4 Å². The number of benzene rings is 1. The van der Waals surface area contributed by atoms with Crippen LogP contribution in [0, 0.1) is 5.95 Å². The van der Waals surface area contributed by atoms with Gasteiger partial charge in [0.05, 0.1) is 6.04 Å². The summed E-state index contributed by atoms with van der Waals surface area (Å²) in [5.41, 5.74) is 2.31. The van der Waals surface area contributed by atoms with Gasteiger partial charge in [-0.1, -0.05) is 31.2 Å². The van der Waals surface area contributed by atoms with Gasteiger partial charge in [-0.25, -0.2) is 4.79 Å². The summed E-state index contributed by atoms with van der Waals surface area (Å²) >= 11 is 0. The van der Waals surface area contributed by atoms with Gasteiger partial charge in [0.25, 0.3) is 0 Å². The second kappa shape index (κ2) is 9.36. The average molecular weight is 414 g/mol. The van der Waals surface area contributed by atoms with E-state index in [4.69, 9.17) is 4.74 Å². The van der Waals surface area contributed by atoms with Crippen molar-refractivity contribution in [3.05, 3.63) is 47.4 Å². The molecule has 2 aromatic rings. The first-order chi connectivity index (χ1) is 14.6. The number of carbonyl (C=O) groups excluding carboxylic acids is 1. The average Bonchev–Trinajstić information content (AvgIpc) is 3.14. The fourth-order valence-electron chi connectivity index (χ4n) is 3.72. The number of hydrogen-bond donors (Lipinski definition) is 2. The van der Waals surface area contributed by atoms with E-state index in [0.717, 1.165) is 44.4 Å². The Morgan fingerprint density at radius 1 is 1.20 bits per heavy atom. The number of aromatic nitrogens is 2. The van der Waals surface area contributed by atoms with Crippen molar-refractivity contribution in [3.63, 3.8) is 0 Å². The number of hydrogen-bond acceptors (Lipinski definition) is 7. The second-order valence-electron chi connectivity index (χ2n) is 7.58. The molecule has 160 valence electrons. The molecule has 4 rings (SSSR count). The highest BCUT2D eigenvalue weighted by molar-refractivity contribution is 5.89. The maximum atomic E-state index is 14.1. The fourth-order valence-corrected chi connectivity index (χ4v) is 3.72. The minimum absolute atomic E-state index is 0.143. The summed E-state index contributed by atoms with van der Waals surface area (Å²) in [6.45, 7) is 7.82. The monoisotopic (exact) mass is 414 g/mol. The molecule has 3 heterocycles. The molecule has 2 aliphatic heterocycles. The summed E-state index contributed by atoms with van der Waals surface area (Å²) in [5, 5.41) is 6.41. The zero-order chi connectivity index (χ0) is 20.9. The van der Waals surface area contributed by atoms with Gasteiger partial charge in [0.2, 0.25) is 11.9 Å². The van der Waals surface area contributed by atoms with Gasteiger partial charge in [-0.05, 0) is 17.5 Å². The lowest BCUT2D eigenvalue weighted by atomic mass is 10.1. The summed E-state index contributed by atoms with van der Waals surface area (Å²) in [6.07, 6.45) is 0.186. The molecule has 2 saturated heterocycles. The first-order valence-electron chi connectivity index (χ1n) is 10.4. The molecule has 2 fully saturated rings. The number of amides is 1. The Labute approximate surface area is 175 Å². The van der Waals surface area contributed by atoms with Crippen LogP contribution < -0.4 is 15.5 Å². The van der Waals surface area contributed by atoms with Crippen molar-refractivity contribution in [2.45, 2.75) is 32.5 Å². The molecule has 1 aromatic carbocycles. The Kier molecular flexibility index (Phi) is 6.39. The normalized spacial score (nSPS) is 19.7. The third kappa shape index (κ3) is 4.85. The highest BCUT2D eigenvalue weighted by Gasteiger charge is 2.34. The van der Waals surface area contributed by atoms with E-state index < -0.39 is 12.0 Å². The summed E-state index contributed by atoms with van der Waals surface area (Å²) in [5.74, 6) is -0.335. The van der Waals surface area contributed by atoms with E-state index in [1.54, 1.807) is 0 Å². The van der Waals surface area contributed by atoms with Crippen LogP contribution in [0.4, 0.5) is 21.0 Å². The van der Waals surface area contributed by atoms with Crippen molar-refractivity contribution in [2.24, 2.45) is 0 Å². The molecular formula is C21H27FN6O2. The molecule has 8 nitrogen and oxygen atoms in total. The molecule has 2 aliphatic rings. The molecular weight excluding hydrogens is 387 g/mol. The Bertz CT molecular complexity index is 872. The van der Waals surface area contributed by atoms with Crippen LogP contribution in [0.1, 0.15) is 24.5 Å². The van der Waals surface area contributed by atoms with Crippen LogP contribution in [0.2, 0.25) is 0 Å². The van der Waals surface area contributed by atoms with Gasteiger partial charge in [0.1, 0.15) is 12.4 Å². The number of nitrogens with one attached hydrogen (secondary N) is 2. The van der Waals surface area contributed by atoms with E-state index in [2.05, 4.69) is 49.8 Å². The van der Waals surface area contributed by atoms with Crippen LogP contribution in [0.3, 0.4) is 0 Å². The van der Waals surface area contributed by atoms with Crippen LogP contribution in [0.5, 0.6) is 0 Å². The van der Waals surface area contributed by atoms with Gasteiger partial charge in [-0.15, -0.1) is 0 Å². The molecule has 30 heavy (non-hydrogen) atoms. The van der Waals surface area contributed by atoms with E-state index in [-0.39, 0.29) is 24.4 Å². The van der Waals surface area contributed by atoms with E-state index in [0.29, 0.717) is 13.0 Å². The molecule has 2 N–H and O–H groups in total. The van der Waals surface area contributed by atoms with E-state index in [1.807, 2.05) is 6.92 Å². The number of anilines is 2. The Morgan fingerprint density at radius 2 is 1.93 bits per heavy atom. The highest BCUT2D eigenvalue weighted by atomic mass is 19.1. The van der Waals surface area contributed by atoms with Crippen molar-refractivity contribution in [3.8, 4) is 0 Å². The minimum atomic E-state index is -0.691. The Hall–Kier alpha value is -2.78. The Morgan fingerprint density at radius 3 is 2.67 bits per heavy atom. The number of rotatable bonds is 7. The number of halogens is 1. The standard InChI is InChI=1S/C21H27FN6O2/c1-2-17-14-30-21(29)28(17)19-11-18(22)25-20(26-19)24-12-15-3-5-16(6-4-15)13-27-9-7-23-8-10-27/h3-6,11,17,23H,2,7-10,12-14H2,1H3,(H,24,25,26). The number of cyclic esters (lactones) is 1. The van der Waals surface area contributed by atoms with Crippen LogP contribution in [0.15, 0.2) is 30.3 Å². The second-order valence-corrected chi connectivity index (χ2v) is 7.58. The zero-order valence-electron chi connectivity index (χ0n) is 17.1. The molecule has 1 aromatic heterocycles. The van der Waals surface area contributed by atoms with Gasteiger partial charge in [0.15, 0.2) is 0 Å². The van der Waals surface area contributed by atoms with Crippen LogP contribution in [0.25, 0.3) is 0 Å². The van der Waals surface area contributed by atoms with Crippen LogP contribution in [-0.4, -0.2) is 59.8 Å². The van der Waals surface area contributed by atoms with Crippen molar-refractivity contribution >= 4 is 17.9 Å². The summed E-state index contributed by atoms with van der Waals surface area (Å²) in [6, 6.07) is 9.34. The zero-order valence-corrected chi connectivity index (χ0v) is 17.1. The lowest BCUT2D eigenvalue weighted by molar-refractivity contribution is 0.178. The largest absolute Gasteiger partial charge is 0.447 e. The molecule has 9 heteroatoms. The lowest BCUT2D eigenvalue weighted by Crippen LogP contribution is -2.42. The van der Waals surface area contributed by atoms with Crippen LogP contribution in [-0.2, 0) is 17.8 Å². The Balaban J connectivity index is 1.38. The minimum Gasteiger partial charge on any atom is -0.447 e. The highest BCUT2D eigenvalue weighted by Crippen LogP contribution is 2.24. The first kappa shape index (κ1) is 20.5. The maximum Gasteiger partial charge on any atom is 0.415 e. The predicted molar refractivity (Wildman–Crippen MR) is 112 cm³/mol. The van der Waals surface area contributed by atoms with E-state index in [9.17, 15) is 9.18 Å². The molecule has 0 spiro atoms. The maximum absolute atomic E-state index is 14.1. The fraction of sp³-hybridized carbons (Fsp3) is 0.476. The smallest absolute Gasteiger partial charge is 0.415 e. The molecule has 1 atom stereocenters. The van der Waals surface area contributed by atoms with Gasteiger partial charge in [-0.2, -0.15) is 14.4 Å². The van der Waals surface area contributed by atoms with Gasteiger partial charge in [0, 0.05) is 45.3 Å². The number of piperazine rings is 1. The molecule has 0 radical (unpaired) electrons. The van der Waals surface area contributed by atoms with E-state index >= 15 is 0 Å². The summed E-state index contributed by atoms with van der Waals surface area (Å²) < 4.78 is 19.1. The lowest BCUT2D eigenvalue weighted by Gasteiger charge is -2.27. The van der Waals surface area contributed by atoms with Crippen molar-refractivity contribution < 1.29 is 13.9 Å². The molecule has 0 bridgehead atoms. The molecule has 0 aliphatic carbocycles. The SMILES string of the molecule is CCC1COC(=O)N1c1cc(F)nc(NCc2ccc(CN3CCNCC3)cc2)n1. The van der Waals surface area contributed by atoms with E-state index in [1.165, 1.54) is 10.5 Å². The summed E-state index contributed by atoms with van der Waals surface area (Å²) in [4.78, 5) is 24.0.